The molecular weight excluding hydrogens is 374 g/mol. The lowest BCUT2D eigenvalue weighted by Crippen LogP contribution is -2.04. The third kappa shape index (κ3) is 5.33. The van der Waals surface area contributed by atoms with Crippen LogP contribution in [0.1, 0.15) is 23.6 Å². The Morgan fingerprint density at radius 1 is 0.964 bits per heavy atom. The zero-order valence-corrected chi connectivity index (χ0v) is 16.8. The monoisotopic (exact) mass is 397 g/mol. The summed E-state index contributed by atoms with van der Waals surface area (Å²) in [6, 6.07) is 18.9. The van der Waals surface area contributed by atoms with Gasteiger partial charge in [0.05, 0.1) is 11.6 Å². The van der Waals surface area contributed by atoms with E-state index in [1.54, 1.807) is 12.1 Å². The van der Waals surface area contributed by atoms with Crippen molar-refractivity contribution in [3.63, 3.8) is 0 Å². The molecule has 0 unspecified atom stereocenters. The molecule has 0 bridgehead atoms. The third-order valence-corrected chi connectivity index (χ3v) is 4.48. The molecule has 0 aromatic heterocycles. The van der Waals surface area contributed by atoms with Crippen LogP contribution in [0.4, 0.5) is 5.69 Å². The molecule has 2 N–H and O–H groups in total. The highest BCUT2D eigenvalue weighted by Gasteiger charge is 2.13. The highest BCUT2D eigenvalue weighted by molar-refractivity contribution is 6.32. The molecule has 0 spiro atoms. The average molecular weight is 398 g/mol. The fourth-order valence-electron chi connectivity index (χ4n) is 2.87. The van der Waals surface area contributed by atoms with E-state index in [1.807, 2.05) is 43.3 Å². The molecule has 3 rings (SSSR count). The minimum atomic E-state index is 0.238. The molecule has 0 heterocycles. The molecule has 0 atom stereocenters. The van der Waals surface area contributed by atoms with Gasteiger partial charge in [0.25, 0.3) is 0 Å². The Labute approximate surface area is 170 Å². The van der Waals surface area contributed by atoms with Crippen LogP contribution in [0.15, 0.2) is 60.7 Å². The number of phenolic OH excluding ortho intramolecular Hbond substituents is 1. The van der Waals surface area contributed by atoms with Crippen LogP contribution in [-0.4, -0.2) is 11.7 Å². The van der Waals surface area contributed by atoms with Crippen LogP contribution in [0.3, 0.4) is 0 Å². The van der Waals surface area contributed by atoms with E-state index in [2.05, 4.69) is 24.4 Å². The van der Waals surface area contributed by atoms with Crippen molar-refractivity contribution in [1.29, 1.82) is 0 Å². The summed E-state index contributed by atoms with van der Waals surface area (Å²) in [5.41, 5.74) is 4.15. The van der Waals surface area contributed by atoms with Gasteiger partial charge in [0.1, 0.15) is 12.4 Å². The van der Waals surface area contributed by atoms with Crippen molar-refractivity contribution in [1.82, 2.24) is 0 Å². The number of nitrogens with one attached hydrogen (secondary N) is 1. The van der Waals surface area contributed by atoms with Gasteiger partial charge in [0.15, 0.2) is 11.5 Å². The van der Waals surface area contributed by atoms with Crippen molar-refractivity contribution >= 4 is 17.3 Å². The molecule has 0 radical (unpaired) electrons. The van der Waals surface area contributed by atoms with Crippen LogP contribution in [0.25, 0.3) is 0 Å². The first-order valence-electron chi connectivity index (χ1n) is 9.21. The Balaban J connectivity index is 1.74. The second-order valence-electron chi connectivity index (χ2n) is 6.52. The second-order valence-corrected chi connectivity index (χ2v) is 6.92. The van der Waals surface area contributed by atoms with Crippen molar-refractivity contribution in [2.45, 2.75) is 27.0 Å². The summed E-state index contributed by atoms with van der Waals surface area (Å²) >= 11 is 6.50. The van der Waals surface area contributed by atoms with Crippen LogP contribution in [0.5, 0.6) is 17.2 Å². The summed E-state index contributed by atoms with van der Waals surface area (Å²) < 4.78 is 11.8. The second kappa shape index (κ2) is 9.38. The lowest BCUT2D eigenvalue weighted by Gasteiger charge is -2.16. The van der Waals surface area contributed by atoms with Crippen LogP contribution in [0, 0.1) is 6.92 Å². The van der Waals surface area contributed by atoms with Crippen molar-refractivity contribution in [2.24, 2.45) is 0 Å². The maximum atomic E-state index is 9.38. The van der Waals surface area contributed by atoms with Crippen molar-refractivity contribution in [2.75, 3.05) is 11.9 Å². The van der Waals surface area contributed by atoms with Crippen LogP contribution >= 0.6 is 11.6 Å². The molecule has 0 aliphatic carbocycles. The Morgan fingerprint density at radius 3 is 2.46 bits per heavy atom. The molecule has 146 valence electrons. The number of halogens is 1. The van der Waals surface area contributed by atoms with Crippen LogP contribution in [0.2, 0.25) is 5.02 Å². The third-order valence-electron chi connectivity index (χ3n) is 4.20. The molecule has 5 heteroatoms. The number of rotatable bonds is 8. The van der Waals surface area contributed by atoms with Gasteiger partial charge in [-0.2, -0.15) is 0 Å². The molecule has 0 fully saturated rings. The van der Waals surface area contributed by atoms with E-state index >= 15 is 0 Å². The molecule has 0 aliphatic heterocycles. The minimum Gasteiger partial charge on any atom is -0.508 e. The number of hydrogen-bond donors (Lipinski definition) is 2. The molecule has 0 aliphatic rings. The fourth-order valence-corrected chi connectivity index (χ4v) is 3.16. The van der Waals surface area contributed by atoms with E-state index in [1.165, 1.54) is 5.56 Å². The first-order chi connectivity index (χ1) is 13.5. The quantitative estimate of drug-likeness (QED) is 0.461. The standard InChI is InChI=1S/C23H24ClNO3/c1-3-27-22-13-18(14-25-19-7-9-20(26)10-8-19)12-21(24)23(22)28-15-17-6-4-5-16(2)11-17/h4-13,25-26H,3,14-15H2,1-2H3. The van der Waals surface area contributed by atoms with Gasteiger partial charge in [-0.3, -0.25) is 0 Å². The smallest absolute Gasteiger partial charge is 0.180 e. The first-order valence-corrected chi connectivity index (χ1v) is 9.59. The number of aromatic hydroxyl groups is 1. The molecule has 4 nitrogen and oxygen atoms in total. The van der Waals surface area contributed by atoms with E-state index in [0.717, 1.165) is 16.8 Å². The number of ether oxygens (including phenoxy) is 2. The summed E-state index contributed by atoms with van der Waals surface area (Å²) in [5.74, 6) is 1.42. The van der Waals surface area contributed by atoms with Gasteiger partial charge in [0, 0.05) is 12.2 Å². The molecule has 0 saturated heterocycles. The van der Waals surface area contributed by atoms with Crippen LogP contribution in [-0.2, 0) is 13.2 Å². The van der Waals surface area contributed by atoms with Crippen molar-refractivity contribution in [3.8, 4) is 17.2 Å². The normalized spacial score (nSPS) is 10.5. The molecule has 28 heavy (non-hydrogen) atoms. The molecular formula is C23H24ClNO3. The lowest BCUT2D eigenvalue weighted by molar-refractivity contribution is 0.269. The van der Waals surface area contributed by atoms with Crippen molar-refractivity contribution in [3.05, 3.63) is 82.4 Å². The maximum absolute atomic E-state index is 9.38. The Bertz CT molecular complexity index is 926. The van der Waals surface area contributed by atoms with E-state index in [4.69, 9.17) is 21.1 Å². The summed E-state index contributed by atoms with van der Waals surface area (Å²) in [4.78, 5) is 0. The van der Waals surface area contributed by atoms with Gasteiger partial charge < -0.3 is 19.9 Å². The number of hydrogen-bond acceptors (Lipinski definition) is 4. The average Bonchev–Trinajstić information content (AvgIpc) is 2.67. The zero-order valence-electron chi connectivity index (χ0n) is 16.0. The van der Waals surface area contributed by atoms with E-state index in [9.17, 15) is 5.11 Å². The predicted octanol–water partition coefficient (Wildman–Crippen LogP) is 5.94. The molecule has 3 aromatic carbocycles. The fraction of sp³-hybridized carbons (Fsp3) is 0.217. The number of benzene rings is 3. The lowest BCUT2D eigenvalue weighted by atomic mass is 10.1. The molecule has 0 amide bonds. The summed E-state index contributed by atoms with van der Waals surface area (Å²) in [6.45, 7) is 5.50. The van der Waals surface area contributed by atoms with Crippen molar-refractivity contribution < 1.29 is 14.6 Å². The van der Waals surface area contributed by atoms with E-state index in [0.29, 0.717) is 36.3 Å². The highest BCUT2D eigenvalue weighted by atomic mass is 35.5. The molecule has 3 aromatic rings. The first kappa shape index (κ1) is 19.9. The van der Waals surface area contributed by atoms with Gasteiger partial charge >= 0.3 is 0 Å². The SMILES string of the molecule is CCOc1cc(CNc2ccc(O)cc2)cc(Cl)c1OCc1cccc(C)c1. The topological polar surface area (TPSA) is 50.7 Å². The van der Waals surface area contributed by atoms with E-state index < -0.39 is 0 Å². The maximum Gasteiger partial charge on any atom is 0.180 e. The number of aryl methyl sites for hydroxylation is 1. The Kier molecular flexibility index (Phi) is 6.66. The van der Waals surface area contributed by atoms with Gasteiger partial charge in [-0.05, 0) is 61.4 Å². The van der Waals surface area contributed by atoms with Gasteiger partial charge in [-0.25, -0.2) is 0 Å². The number of phenols is 1. The summed E-state index contributed by atoms with van der Waals surface area (Å²) in [5, 5.41) is 13.2. The molecule has 0 saturated carbocycles. The van der Waals surface area contributed by atoms with Gasteiger partial charge in [-0.15, -0.1) is 0 Å². The summed E-state index contributed by atoms with van der Waals surface area (Å²) in [7, 11) is 0. The Hall–Kier alpha value is -2.85. The van der Waals surface area contributed by atoms with Gasteiger partial charge in [-0.1, -0.05) is 41.4 Å². The highest BCUT2D eigenvalue weighted by Crippen LogP contribution is 2.37. The van der Waals surface area contributed by atoms with Crippen LogP contribution < -0.4 is 14.8 Å². The zero-order chi connectivity index (χ0) is 19.9. The van der Waals surface area contributed by atoms with E-state index in [-0.39, 0.29) is 5.75 Å². The largest absolute Gasteiger partial charge is 0.508 e. The summed E-state index contributed by atoms with van der Waals surface area (Å²) in [6.07, 6.45) is 0. The minimum absolute atomic E-state index is 0.238. The Morgan fingerprint density at radius 2 is 1.75 bits per heavy atom. The predicted molar refractivity (Wildman–Crippen MR) is 114 cm³/mol. The number of anilines is 1. The van der Waals surface area contributed by atoms with Gasteiger partial charge in [0.2, 0.25) is 0 Å².